The summed E-state index contributed by atoms with van der Waals surface area (Å²) in [6.45, 7) is 3.92. The quantitative estimate of drug-likeness (QED) is 0.566. The van der Waals surface area contributed by atoms with Crippen molar-refractivity contribution in [2.45, 2.75) is 20.3 Å². The third-order valence-electron chi connectivity index (χ3n) is 1.31. The Morgan fingerprint density at radius 2 is 2.25 bits per heavy atom. The second-order valence-corrected chi connectivity index (χ2v) is 1.92. The molecule has 0 heterocycles. The van der Waals surface area contributed by atoms with Crippen LogP contribution in [0.15, 0.2) is 0 Å². The molecule has 0 spiro atoms. The second-order valence-electron chi connectivity index (χ2n) is 1.92. The van der Waals surface area contributed by atoms with E-state index in [-0.39, 0.29) is 11.8 Å². The summed E-state index contributed by atoms with van der Waals surface area (Å²) < 4.78 is 0. The summed E-state index contributed by atoms with van der Waals surface area (Å²) >= 11 is 0. The second kappa shape index (κ2) is 3.47. The molecule has 0 radical (unpaired) electrons. The summed E-state index contributed by atoms with van der Waals surface area (Å²) in [6.07, 6.45) is 0.916. The molecule has 0 aliphatic carbocycles. The van der Waals surface area contributed by atoms with Crippen molar-refractivity contribution in [3.8, 4) is 0 Å². The van der Waals surface area contributed by atoms with E-state index in [0.29, 0.717) is 0 Å². The van der Waals surface area contributed by atoms with Crippen LogP contribution in [0.5, 0.6) is 0 Å². The predicted octanol–water partition coefficient (Wildman–Crippen LogP) is 0.778. The number of nitrogens with one attached hydrogen (secondary N) is 1. The topological polar surface area (TPSA) is 29.1 Å². The van der Waals surface area contributed by atoms with Crippen LogP contribution in [0.3, 0.4) is 0 Å². The molecular weight excluding hydrogens is 102 g/mol. The van der Waals surface area contributed by atoms with Gasteiger partial charge in [-0.15, -0.1) is 0 Å². The normalized spacial score (nSPS) is 12.9. The number of carbonyl (C=O) groups is 1. The molecule has 2 nitrogen and oxygen atoms in total. The van der Waals surface area contributed by atoms with Crippen LogP contribution in [0.25, 0.3) is 0 Å². The first kappa shape index (κ1) is 7.47. The van der Waals surface area contributed by atoms with E-state index in [1.807, 2.05) is 13.8 Å². The fourth-order valence-electron chi connectivity index (χ4n) is 0.432. The van der Waals surface area contributed by atoms with Crippen molar-refractivity contribution in [3.63, 3.8) is 0 Å². The van der Waals surface area contributed by atoms with Crippen molar-refractivity contribution in [3.05, 3.63) is 0 Å². The highest BCUT2D eigenvalue weighted by Gasteiger charge is 2.05. The smallest absolute Gasteiger partial charge is 0.222 e. The van der Waals surface area contributed by atoms with Gasteiger partial charge in [0.05, 0.1) is 0 Å². The van der Waals surface area contributed by atoms with Crippen molar-refractivity contribution in [2.75, 3.05) is 7.05 Å². The Hall–Kier alpha value is -0.530. The van der Waals surface area contributed by atoms with Gasteiger partial charge in [-0.3, -0.25) is 4.79 Å². The van der Waals surface area contributed by atoms with Crippen LogP contribution in [-0.2, 0) is 4.79 Å². The van der Waals surface area contributed by atoms with Gasteiger partial charge in [0.25, 0.3) is 0 Å². The van der Waals surface area contributed by atoms with E-state index in [1.165, 1.54) is 0 Å². The van der Waals surface area contributed by atoms with Crippen LogP contribution in [0.2, 0.25) is 0 Å². The molecule has 2 heteroatoms. The summed E-state index contributed by atoms with van der Waals surface area (Å²) in [5.74, 6) is 0.299. The minimum atomic E-state index is 0.132. The first-order valence-electron chi connectivity index (χ1n) is 2.94. The van der Waals surface area contributed by atoms with E-state index >= 15 is 0 Å². The number of rotatable bonds is 2. The summed E-state index contributed by atoms with van der Waals surface area (Å²) in [4.78, 5) is 10.6. The van der Waals surface area contributed by atoms with Crippen molar-refractivity contribution < 1.29 is 4.79 Å². The summed E-state index contributed by atoms with van der Waals surface area (Å²) in [7, 11) is 1.66. The highest BCUT2D eigenvalue weighted by atomic mass is 16.1. The van der Waals surface area contributed by atoms with E-state index in [2.05, 4.69) is 5.32 Å². The van der Waals surface area contributed by atoms with E-state index in [9.17, 15) is 4.79 Å². The predicted molar refractivity (Wildman–Crippen MR) is 33.5 cm³/mol. The molecule has 0 unspecified atom stereocenters. The maximum absolute atomic E-state index is 10.6. The zero-order valence-electron chi connectivity index (χ0n) is 5.69. The molecule has 1 N–H and O–H groups in total. The Bertz CT molecular complexity index is 80.6. The Labute approximate surface area is 50.3 Å². The maximum atomic E-state index is 10.6. The highest BCUT2D eigenvalue weighted by Crippen LogP contribution is 1.97. The summed E-state index contributed by atoms with van der Waals surface area (Å²) in [5.41, 5.74) is 0. The standard InChI is InChI=1S/C6H13NO/c1-4-5(2)6(8)7-3/h5H,4H2,1-3H3,(H,7,8)/t5-/m0/s1. The van der Waals surface area contributed by atoms with Crippen LogP contribution < -0.4 is 5.32 Å². The molecule has 1 amide bonds. The molecule has 0 aromatic rings. The average molecular weight is 115 g/mol. The Balaban J connectivity index is 3.46. The maximum Gasteiger partial charge on any atom is 0.222 e. The Morgan fingerprint density at radius 3 is 2.38 bits per heavy atom. The summed E-state index contributed by atoms with van der Waals surface area (Å²) in [5, 5.41) is 2.58. The van der Waals surface area contributed by atoms with Crippen LogP contribution in [0.1, 0.15) is 20.3 Å². The third kappa shape index (κ3) is 1.96. The fourth-order valence-corrected chi connectivity index (χ4v) is 0.432. The zero-order valence-corrected chi connectivity index (χ0v) is 5.69. The molecule has 8 heavy (non-hydrogen) atoms. The van der Waals surface area contributed by atoms with Crippen molar-refractivity contribution in [1.29, 1.82) is 0 Å². The van der Waals surface area contributed by atoms with Gasteiger partial charge in [0, 0.05) is 13.0 Å². The van der Waals surface area contributed by atoms with Gasteiger partial charge in [-0.1, -0.05) is 13.8 Å². The van der Waals surface area contributed by atoms with E-state index in [1.54, 1.807) is 7.05 Å². The van der Waals surface area contributed by atoms with Gasteiger partial charge in [-0.05, 0) is 6.42 Å². The average Bonchev–Trinajstić information content (AvgIpc) is 1.84. The molecule has 0 bridgehead atoms. The Morgan fingerprint density at radius 1 is 1.75 bits per heavy atom. The molecule has 0 aliphatic heterocycles. The van der Waals surface area contributed by atoms with Crippen molar-refractivity contribution in [1.82, 2.24) is 5.32 Å². The zero-order chi connectivity index (χ0) is 6.57. The van der Waals surface area contributed by atoms with Crippen LogP contribution >= 0.6 is 0 Å². The van der Waals surface area contributed by atoms with Gasteiger partial charge in [-0.25, -0.2) is 0 Å². The minimum Gasteiger partial charge on any atom is -0.359 e. The molecule has 0 saturated carbocycles. The molecule has 48 valence electrons. The van der Waals surface area contributed by atoms with Gasteiger partial charge in [0.1, 0.15) is 0 Å². The first-order chi connectivity index (χ1) is 3.72. The number of hydrogen-bond acceptors (Lipinski definition) is 1. The van der Waals surface area contributed by atoms with Crippen LogP contribution in [-0.4, -0.2) is 13.0 Å². The van der Waals surface area contributed by atoms with E-state index < -0.39 is 0 Å². The van der Waals surface area contributed by atoms with Gasteiger partial charge in [0.2, 0.25) is 5.91 Å². The molecule has 0 aromatic heterocycles. The lowest BCUT2D eigenvalue weighted by atomic mass is 10.1. The van der Waals surface area contributed by atoms with Gasteiger partial charge < -0.3 is 5.32 Å². The number of amides is 1. The van der Waals surface area contributed by atoms with Gasteiger partial charge in [0.15, 0.2) is 0 Å². The molecule has 0 aromatic carbocycles. The minimum absolute atomic E-state index is 0.132. The van der Waals surface area contributed by atoms with E-state index in [0.717, 1.165) is 6.42 Å². The lowest BCUT2D eigenvalue weighted by Gasteiger charge is -2.03. The molecular formula is C6H13NO. The molecule has 1 atom stereocenters. The first-order valence-corrected chi connectivity index (χ1v) is 2.94. The highest BCUT2D eigenvalue weighted by molar-refractivity contribution is 5.77. The molecule has 0 aliphatic rings. The number of hydrogen-bond donors (Lipinski definition) is 1. The van der Waals surface area contributed by atoms with Gasteiger partial charge >= 0.3 is 0 Å². The lowest BCUT2D eigenvalue weighted by molar-refractivity contribution is -0.124. The third-order valence-corrected chi connectivity index (χ3v) is 1.31. The largest absolute Gasteiger partial charge is 0.359 e. The number of carbonyl (C=O) groups excluding carboxylic acids is 1. The lowest BCUT2D eigenvalue weighted by Crippen LogP contribution is -2.24. The SMILES string of the molecule is CC[C@H](C)C(=O)NC. The fraction of sp³-hybridized carbons (Fsp3) is 0.833. The van der Waals surface area contributed by atoms with Crippen LogP contribution in [0.4, 0.5) is 0 Å². The van der Waals surface area contributed by atoms with Crippen LogP contribution in [0, 0.1) is 5.92 Å². The Kier molecular flexibility index (Phi) is 3.24. The molecule has 0 rings (SSSR count). The molecule has 0 fully saturated rings. The van der Waals surface area contributed by atoms with E-state index in [4.69, 9.17) is 0 Å². The molecule has 0 saturated heterocycles. The monoisotopic (exact) mass is 115 g/mol. The summed E-state index contributed by atoms with van der Waals surface area (Å²) in [6, 6.07) is 0. The van der Waals surface area contributed by atoms with Gasteiger partial charge in [-0.2, -0.15) is 0 Å². The van der Waals surface area contributed by atoms with Crippen molar-refractivity contribution >= 4 is 5.91 Å². The van der Waals surface area contributed by atoms with Crippen molar-refractivity contribution in [2.24, 2.45) is 5.92 Å².